The van der Waals surface area contributed by atoms with Crippen molar-refractivity contribution in [1.29, 1.82) is 0 Å². The fraction of sp³-hybridized carbons (Fsp3) is 0.625. The summed E-state index contributed by atoms with van der Waals surface area (Å²) in [6.45, 7) is 3.57. The van der Waals surface area contributed by atoms with Crippen LogP contribution in [0.5, 0.6) is 0 Å². The summed E-state index contributed by atoms with van der Waals surface area (Å²) in [6, 6.07) is 0. The van der Waals surface area contributed by atoms with E-state index < -0.39 is 17.2 Å². The number of hydrogen-bond donors (Lipinski definition) is 1. The van der Waals surface area contributed by atoms with E-state index in [0.29, 0.717) is 0 Å². The molecular weight excluding hydrogens is 183 g/mol. The molecule has 1 aliphatic rings. The van der Waals surface area contributed by atoms with Gasteiger partial charge in [0.05, 0.1) is 5.92 Å². The van der Waals surface area contributed by atoms with Crippen molar-refractivity contribution in [3.8, 4) is 0 Å². The minimum absolute atomic E-state index is 0.271. The molecule has 2 nitrogen and oxygen atoms in total. The zero-order valence-corrected chi connectivity index (χ0v) is 7.60. The molecule has 1 saturated carbocycles. The van der Waals surface area contributed by atoms with Gasteiger partial charge in [0, 0.05) is 5.92 Å². The molecule has 0 aliphatic heterocycles. The number of carboxylic acids is 1. The number of aliphatic carboxylic acids is 1. The highest BCUT2D eigenvalue weighted by atomic mass is 35.5. The Morgan fingerprint density at radius 2 is 2.17 bits per heavy atom. The highest BCUT2D eigenvalue weighted by molar-refractivity contribution is 6.28. The van der Waals surface area contributed by atoms with Gasteiger partial charge in [0.25, 0.3) is 0 Å². The topological polar surface area (TPSA) is 37.3 Å². The molecule has 4 heteroatoms. The molecular formula is C8H10ClFO2. The maximum absolute atomic E-state index is 12.2. The summed E-state index contributed by atoms with van der Waals surface area (Å²) < 4.78 is 12.2. The first-order chi connectivity index (χ1) is 5.37. The van der Waals surface area contributed by atoms with Gasteiger partial charge in [-0.3, -0.25) is 4.79 Å². The largest absolute Gasteiger partial charge is 0.481 e. The van der Waals surface area contributed by atoms with E-state index in [-0.39, 0.29) is 11.3 Å². The summed E-state index contributed by atoms with van der Waals surface area (Å²) in [5, 5.41) is 7.86. The van der Waals surface area contributed by atoms with Crippen molar-refractivity contribution >= 4 is 17.6 Å². The molecule has 0 saturated heterocycles. The quantitative estimate of drug-likeness (QED) is 0.730. The van der Waals surface area contributed by atoms with Crippen molar-refractivity contribution in [2.45, 2.75) is 13.8 Å². The van der Waals surface area contributed by atoms with Crippen LogP contribution in [-0.2, 0) is 4.79 Å². The molecule has 0 radical (unpaired) electrons. The maximum Gasteiger partial charge on any atom is 0.307 e. The molecule has 0 heterocycles. The molecule has 0 amide bonds. The second-order valence-corrected chi connectivity index (χ2v) is 3.98. The number of carboxylic acid groups (broad SMARTS) is 1. The fourth-order valence-corrected chi connectivity index (χ4v) is 1.73. The summed E-state index contributed by atoms with van der Waals surface area (Å²) in [5.41, 5.74) is -0.363. The van der Waals surface area contributed by atoms with E-state index in [1.807, 2.05) is 0 Å². The molecule has 12 heavy (non-hydrogen) atoms. The summed E-state index contributed by atoms with van der Waals surface area (Å²) in [4.78, 5) is 10.6. The lowest BCUT2D eigenvalue weighted by atomic mass is 10.1. The molecule has 0 bridgehead atoms. The minimum atomic E-state index is -0.890. The van der Waals surface area contributed by atoms with Crippen molar-refractivity contribution in [3.05, 3.63) is 11.4 Å². The van der Waals surface area contributed by atoms with E-state index in [1.165, 1.54) is 6.08 Å². The number of carbonyl (C=O) groups is 1. The Bertz CT molecular complexity index is 243. The van der Waals surface area contributed by atoms with Crippen molar-refractivity contribution in [2.24, 2.45) is 17.3 Å². The van der Waals surface area contributed by atoms with Crippen LogP contribution in [0.2, 0.25) is 0 Å². The van der Waals surface area contributed by atoms with E-state index >= 15 is 0 Å². The van der Waals surface area contributed by atoms with Crippen molar-refractivity contribution in [2.75, 3.05) is 0 Å². The Morgan fingerprint density at radius 1 is 1.67 bits per heavy atom. The molecule has 1 aliphatic carbocycles. The normalized spacial score (nSPS) is 33.2. The standard InChI is InChI=1S/C8H10ClFO2/c1-8(2)4(3-5(9)10)6(8)7(11)12/h3-4,6H,1-2H3,(H,11,12)/t4?,6-/m0/s1. The third-order valence-electron chi connectivity index (χ3n) is 2.48. The summed E-state index contributed by atoms with van der Waals surface area (Å²) in [5.74, 6) is -1.66. The number of hydrogen-bond acceptors (Lipinski definition) is 1. The first kappa shape index (κ1) is 9.52. The molecule has 0 aromatic carbocycles. The van der Waals surface area contributed by atoms with Crippen LogP contribution < -0.4 is 0 Å². The van der Waals surface area contributed by atoms with Crippen LogP contribution in [0, 0.1) is 17.3 Å². The van der Waals surface area contributed by atoms with Crippen LogP contribution in [0.25, 0.3) is 0 Å². The van der Waals surface area contributed by atoms with Crippen LogP contribution >= 0.6 is 11.6 Å². The zero-order valence-electron chi connectivity index (χ0n) is 6.84. The van der Waals surface area contributed by atoms with Crippen molar-refractivity contribution in [1.82, 2.24) is 0 Å². The Balaban J connectivity index is 2.73. The maximum atomic E-state index is 12.2. The average molecular weight is 193 g/mol. The second-order valence-electron chi connectivity index (χ2n) is 3.62. The molecule has 1 fully saturated rings. The van der Waals surface area contributed by atoms with Gasteiger partial charge in [0.15, 0.2) is 5.29 Å². The lowest BCUT2D eigenvalue weighted by Crippen LogP contribution is -2.02. The summed E-state index contributed by atoms with van der Waals surface area (Å²) >= 11 is 5.01. The van der Waals surface area contributed by atoms with Crippen LogP contribution in [0.15, 0.2) is 11.4 Å². The number of allylic oxidation sites excluding steroid dienone is 1. The SMILES string of the molecule is CC1(C)C(C=C(F)Cl)[C@H]1C(=O)O. The van der Waals surface area contributed by atoms with Gasteiger partial charge in [-0.15, -0.1) is 0 Å². The lowest BCUT2D eigenvalue weighted by molar-refractivity contribution is -0.139. The first-order valence-corrected chi connectivity index (χ1v) is 4.01. The molecule has 0 spiro atoms. The highest BCUT2D eigenvalue weighted by Gasteiger charge is 2.61. The molecule has 2 atom stereocenters. The molecule has 1 N–H and O–H groups in total. The van der Waals surface area contributed by atoms with Gasteiger partial charge in [0.2, 0.25) is 0 Å². The monoisotopic (exact) mass is 192 g/mol. The van der Waals surface area contributed by atoms with Gasteiger partial charge in [-0.25, -0.2) is 0 Å². The molecule has 1 unspecified atom stereocenters. The smallest absolute Gasteiger partial charge is 0.307 e. The molecule has 0 aromatic heterocycles. The first-order valence-electron chi connectivity index (χ1n) is 3.63. The second kappa shape index (κ2) is 2.73. The predicted molar refractivity (Wildman–Crippen MR) is 43.4 cm³/mol. The fourth-order valence-electron chi connectivity index (χ4n) is 1.60. The number of halogens is 2. The Kier molecular flexibility index (Phi) is 2.17. The van der Waals surface area contributed by atoms with Gasteiger partial charge in [-0.1, -0.05) is 25.4 Å². The number of rotatable bonds is 2. The van der Waals surface area contributed by atoms with Crippen molar-refractivity contribution < 1.29 is 14.3 Å². The van der Waals surface area contributed by atoms with E-state index in [9.17, 15) is 9.18 Å². The third kappa shape index (κ3) is 1.46. The Hall–Kier alpha value is -0.570. The minimum Gasteiger partial charge on any atom is -0.481 e. The lowest BCUT2D eigenvalue weighted by Gasteiger charge is -1.95. The summed E-state index contributed by atoms with van der Waals surface area (Å²) in [6.07, 6.45) is 1.17. The van der Waals surface area contributed by atoms with Crippen LogP contribution in [0.4, 0.5) is 4.39 Å². The molecule has 1 rings (SSSR count). The van der Waals surface area contributed by atoms with Crippen molar-refractivity contribution in [3.63, 3.8) is 0 Å². The molecule has 0 aromatic rings. The third-order valence-corrected chi connectivity index (χ3v) is 2.61. The van der Waals surface area contributed by atoms with Crippen LogP contribution in [0.1, 0.15) is 13.8 Å². The summed E-state index contributed by atoms with van der Waals surface area (Å²) in [7, 11) is 0. The van der Waals surface area contributed by atoms with E-state index in [1.54, 1.807) is 13.8 Å². The molecule has 68 valence electrons. The van der Waals surface area contributed by atoms with Gasteiger partial charge < -0.3 is 5.11 Å². The van der Waals surface area contributed by atoms with Crippen LogP contribution in [-0.4, -0.2) is 11.1 Å². The van der Waals surface area contributed by atoms with Gasteiger partial charge >= 0.3 is 5.97 Å². The van der Waals surface area contributed by atoms with Gasteiger partial charge in [-0.2, -0.15) is 4.39 Å². The van der Waals surface area contributed by atoms with Gasteiger partial charge in [0.1, 0.15) is 0 Å². The average Bonchev–Trinajstić information content (AvgIpc) is 2.32. The zero-order chi connectivity index (χ0) is 9.52. The van der Waals surface area contributed by atoms with E-state index in [4.69, 9.17) is 16.7 Å². The highest BCUT2D eigenvalue weighted by Crippen LogP contribution is 2.59. The van der Waals surface area contributed by atoms with Gasteiger partial charge in [-0.05, 0) is 11.5 Å². The van der Waals surface area contributed by atoms with E-state index in [2.05, 4.69) is 0 Å². The Morgan fingerprint density at radius 3 is 2.42 bits per heavy atom. The predicted octanol–water partition coefficient (Wildman–Crippen LogP) is 2.39. The van der Waals surface area contributed by atoms with E-state index in [0.717, 1.165) is 0 Å². The van der Waals surface area contributed by atoms with Crippen LogP contribution in [0.3, 0.4) is 0 Å². The Labute approximate surface area is 75.0 Å².